The maximum Gasteiger partial charge on any atom is 0.243 e. The molecular formula is C10H12N6. The number of rotatable bonds is 3. The Morgan fingerprint density at radius 3 is 2.69 bits per heavy atom. The summed E-state index contributed by atoms with van der Waals surface area (Å²) in [5.41, 5.74) is 2.55. The number of aromatic nitrogens is 5. The zero-order valence-electron chi connectivity index (χ0n) is 9.18. The highest BCUT2D eigenvalue weighted by Crippen LogP contribution is 2.03. The molecule has 0 aliphatic carbocycles. The highest BCUT2D eigenvalue weighted by atomic mass is 15.2. The van der Waals surface area contributed by atoms with Gasteiger partial charge in [-0.05, 0) is 26.0 Å². The van der Waals surface area contributed by atoms with Crippen LogP contribution in [0.2, 0.25) is 0 Å². The van der Waals surface area contributed by atoms with Gasteiger partial charge in [0.2, 0.25) is 5.95 Å². The largest absolute Gasteiger partial charge is 0.347 e. The van der Waals surface area contributed by atoms with E-state index < -0.39 is 0 Å². The molecule has 2 heterocycles. The van der Waals surface area contributed by atoms with E-state index in [-0.39, 0.29) is 0 Å². The highest BCUT2D eigenvalue weighted by molar-refractivity contribution is 5.25. The fraction of sp³-hybridized carbons (Fsp3) is 0.300. The van der Waals surface area contributed by atoms with Gasteiger partial charge < -0.3 is 5.32 Å². The summed E-state index contributed by atoms with van der Waals surface area (Å²) in [4.78, 5) is 4.25. The van der Waals surface area contributed by atoms with Crippen molar-refractivity contribution in [3.8, 4) is 0 Å². The summed E-state index contributed by atoms with van der Waals surface area (Å²) in [6, 6.07) is 3.72. The number of anilines is 1. The number of nitrogens with zero attached hydrogens (tertiary/aromatic N) is 5. The van der Waals surface area contributed by atoms with Gasteiger partial charge in [-0.15, -0.1) is 5.10 Å². The maximum atomic E-state index is 4.25. The van der Waals surface area contributed by atoms with Crippen LogP contribution >= 0.6 is 0 Å². The molecule has 0 amide bonds. The van der Waals surface area contributed by atoms with E-state index in [9.17, 15) is 0 Å². The molecule has 2 rings (SSSR count). The van der Waals surface area contributed by atoms with Gasteiger partial charge in [0.1, 0.15) is 0 Å². The van der Waals surface area contributed by atoms with Crippen LogP contribution in [-0.4, -0.2) is 25.4 Å². The fourth-order valence-corrected chi connectivity index (χ4v) is 1.13. The smallest absolute Gasteiger partial charge is 0.243 e. The van der Waals surface area contributed by atoms with Gasteiger partial charge >= 0.3 is 0 Å². The molecule has 2 aromatic rings. The van der Waals surface area contributed by atoms with Crippen molar-refractivity contribution >= 4 is 5.95 Å². The Morgan fingerprint density at radius 1 is 1.12 bits per heavy atom. The van der Waals surface area contributed by atoms with E-state index >= 15 is 0 Å². The van der Waals surface area contributed by atoms with Gasteiger partial charge in [-0.1, -0.05) is 0 Å². The summed E-state index contributed by atoms with van der Waals surface area (Å²) in [6.07, 6.45) is 1.64. The maximum absolute atomic E-state index is 4.25. The molecule has 6 heteroatoms. The second-order valence-electron chi connectivity index (χ2n) is 3.37. The normalized spacial score (nSPS) is 10.1. The van der Waals surface area contributed by atoms with Gasteiger partial charge in [-0.25, -0.2) is 4.98 Å². The molecule has 0 radical (unpaired) electrons. The summed E-state index contributed by atoms with van der Waals surface area (Å²) in [7, 11) is 0. The molecule has 0 bridgehead atoms. The van der Waals surface area contributed by atoms with Crippen molar-refractivity contribution in [3.63, 3.8) is 0 Å². The van der Waals surface area contributed by atoms with E-state index in [2.05, 4.69) is 30.7 Å². The van der Waals surface area contributed by atoms with Crippen molar-refractivity contribution in [2.75, 3.05) is 5.32 Å². The van der Waals surface area contributed by atoms with Crippen LogP contribution in [0.15, 0.2) is 18.3 Å². The molecule has 0 unspecified atom stereocenters. The van der Waals surface area contributed by atoms with Gasteiger partial charge in [0.05, 0.1) is 23.6 Å². The van der Waals surface area contributed by atoms with Crippen molar-refractivity contribution in [2.24, 2.45) is 0 Å². The van der Waals surface area contributed by atoms with E-state index in [1.807, 2.05) is 26.0 Å². The van der Waals surface area contributed by atoms with Crippen LogP contribution < -0.4 is 5.32 Å². The minimum Gasteiger partial charge on any atom is -0.347 e. The average molecular weight is 216 g/mol. The molecule has 1 N–H and O–H groups in total. The molecule has 0 saturated carbocycles. The van der Waals surface area contributed by atoms with E-state index in [0.29, 0.717) is 12.5 Å². The average Bonchev–Trinajstić information content (AvgIpc) is 2.32. The van der Waals surface area contributed by atoms with E-state index in [1.165, 1.54) is 0 Å². The van der Waals surface area contributed by atoms with Gasteiger partial charge in [-0.2, -0.15) is 15.3 Å². The molecule has 16 heavy (non-hydrogen) atoms. The Bertz CT molecular complexity index is 470. The lowest BCUT2D eigenvalue weighted by atomic mass is 10.4. The van der Waals surface area contributed by atoms with Gasteiger partial charge in [0, 0.05) is 6.20 Å². The standard InChI is InChI=1S/C10H12N6/c1-7-8(2)14-16-10(13-7)11-6-9-4-3-5-12-15-9/h3-5H,6H2,1-2H3,(H,11,13,16). The Balaban J connectivity index is 2.03. The molecule has 0 aliphatic rings. The van der Waals surface area contributed by atoms with Crippen LogP contribution in [0, 0.1) is 13.8 Å². The van der Waals surface area contributed by atoms with E-state index in [0.717, 1.165) is 17.1 Å². The number of nitrogens with one attached hydrogen (secondary N) is 1. The fourth-order valence-electron chi connectivity index (χ4n) is 1.13. The summed E-state index contributed by atoms with van der Waals surface area (Å²) in [5, 5.41) is 18.7. The number of aryl methyl sites for hydroxylation is 2. The first-order chi connectivity index (χ1) is 7.75. The Kier molecular flexibility index (Phi) is 3.00. The molecule has 6 nitrogen and oxygen atoms in total. The predicted molar refractivity (Wildman–Crippen MR) is 58.7 cm³/mol. The zero-order chi connectivity index (χ0) is 11.4. The lowest BCUT2D eigenvalue weighted by Crippen LogP contribution is -2.08. The molecule has 0 spiro atoms. The second-order valence-corrected chi connectivity index (χ2v) is 3.37. The molecule has 82 valence electrons. The minimum absolute atomic E-state index is 0.508. The van der Waals surface area contributed by atoms with Crippen LogP contribution in [-0.2, 0) is 6.54 Å². The quantitative estimate of drug-likeness (QED) is 0.821. The molecule has 2 aromatic heterocycles. The second kappa shape index (κ2) is 4.61. The van der Waals surface area contributed by atoms with Crippen LogP contribution in [0.5, 0.6) is 0 Å². The first-order valence-corrected chi connectivity index (χ1v) is 4.94. The van der Waals surface area contributed by atoms with E-state index in [4.69, 9.17) is 0 Å². The van der Waals surface area contributed by atoms with Crippen LogP contribution in [0.4, 0.5) is 5.95 Å². The summed E-state index contributed by atoms with van der Waals surface area (Å²) in [5.74, 6) is 0.508. The highest BCUT2D eigenvalue weighted by Gasteiger charge is 2.01. The topological polar surface area (TPSA) is 76.5 Å². The third-order valence-corrected chi connectivity index (χ3v) is 2.15. The lowest BCUT2D eigenvalue weighted by Gasteiger charge is -2.04. The molecule has 0 saturated heterocycles. The van der Waals surface area contributed by atoms with Crippen LogP contribution in [0.3, 0.4) is 0 Å². The van der Waals surface area contributed by atoms with Crippen molar-refractivity contribution in [1.29, 1.82) is 0 Å². The molecule has 0 aromatic carbocycles. The minimum atomic E-state index is 0.508. The molecule has 0 aliphatic heterocycles. The summed E-state index contributed by atoms with van der Waals surface area (Å²) in [6.45, 7) is 4.32. The molecule has 0 fully saturated rings. The molecule has 0 atom stereocenters. The lowest BCUT2D eigenvalue weighted by molar-refractivity contribution is 0.865. The monoisotopic (exact) mass is 216 g/mol. The van der Waals surface area contributed by atoms with Crippen LogP contribution in [0.1, 0.15) is 17.1 Å². The number of hydrogen-bond acceptors (Lipinski definition) is 6. The van der Waals surface area contributed by atoms with E-state index in [1.54, 1.807) is 6.20 Å². The first-order valence-electron chi connectivity index (χ1n) is 4.94. The Morgan fingerprint density at radius 2 is 2.00 bits per heavy atom. The van der Waals surface area contributed by atoms with Gasteiger partial charge in [0.15, 0.2) is 0 Å². The van der Waals surface area contributed by atoms with Gasteiger partial charge in [0.25, 0.3) is 0 Å². The Labute approximate surface area is 93.2 Å². The Hall–Kier alpha value is -2.11. The third-order valence-electron chi connectivity index (χ3n) is 2.15. The SMILES string of the molecule is Cc1nnc(NCc2cccnn2)nc1C. The first kappa shape index (κ1) is 10.4. The van der Waals surface area contributed by atoms with Crippen LogP contribution in [0.25, 0.3) is 0 Å². The molecular weight excluding hydrogens is 204 g/mol. The summed E-state index contributed by atoms with van der Waals surface area (Å²) >= 11 is 0. The third kappa shape index (κ3) is 2.47. The van der Waals surface area contributed by atoms with Crippen molar-refractivity contribution in [2.45, 2.75) is 20.4 Å². The summed E-state index contributed by atoms with van der Waals surface area (Å²) < 4.78 is 0. The van der Waals surface area contributed by atoms with Crippen molar-refractivity contribution in [3.05, 3.63) is 35.4 Å². The van der Waals surface area contributed by atoms with Crippen molar-refractivity contribution < 1.29 is 0 Å². The number of hydrogen-bond donors (Lipinski definition) is 1. The predicted octanol–water partition coefficient (Wildman–Crippen LogP) is 0.891. The van der Waals surface area contributed by atoms with Gasteiger partial charge in [-0.3, -0.25) is 0 Å². The zero-order valence-corrected chi connectivity index (χ0v) is 9.18. The van der Waals surface area contributed by atoms with Crippen molar-refractivity contribution in [1.82, 2.24) is 25.4 Å².